The first-order chi connectivity index (χ1) is 8.26. The number of nitrogens with zero attached hydrogens (tertiary/aromatic N) is 2. The minimum absolute atomic E-state index is 0.261. The standard InChI is InChI=1S/C12H14FN3O/c1-2-17-10-7-15-16(8-10)12-9(6-14)4-3-5-11(12)13/h3-5,7-8H,2,6,14H2,1H3. The third-order valence-electron chi connectivity index (χ3n) is 2.39. The molecule has 90 valence electrons. The van der Waals surface area contributed by atoms with Crippen molar-refractivity contribution in [2.45, 2.75) is 13.5 Å². The van der Waals surface area contributed by atoms with E-state index in [-0.39, 0.29) is 12.4 Å². The van der Waals surface area contributed by atoms with E-state index < -0.39 is 0 Å². The number of para-hydroxylation sites is 1. The molecule has 2 N–H and O–H groups in total. The largest absolute Gasteiger partial charge is 0.491 e. The summed E-state index contributed by atoms with van der Waals surface area (Å²) in [6.45, 7) is 2.69. The lowest BCUT2D eigenvalue weighted by atomic mass is 10.1. The van der Waals surface area contributed by atoms with E-state index in [0.717, 1.165) is 0 Å². The number of hydrogen-bond acceptors (Lipinski definition) is 3. The molecule has 4 nitrogen and oxygen atoms in total. The van der Waals surface area contributed by atoms with E-state index in [9.17, 15) is 4.39 Å². The molecule has 2 rings (SSSR count). The summed E-state index contributed by atoms with van der Waals surface area (Å²) in [5.41, 5.74) is 6.66. The van der Waals surface area contributed by atoms with Gasteiger partial charge in [-0.05, 0) is 18.6 Å². The summed E-state index contributed by atoms with van der Waals surface area (Å²) in [5.74, 6) is 0.262. The Labute approximate surface area is 98.8 Å². The number of hydrogen-bond donors (Lipinski definition) is 1. The number of aromatic nitrogens is 2. The van der Waals surface area contributed by atoms with Crippen molar-refractivity contribution in [1.82, 2.24) is 9.78 Å². The van der Waals surface area contributed by atoms with E-state index in [2.05, 4.69) is 5.10 Å². The number of rotatable bonds is 4. The summed E-state index contributed by atoms with van der Waals surface area (Å²) < 4.78 is 20.5. The molecule has 5 heteroatoms. The van der Waals surface area contributed by atoms with E-state index >= 15 is 0 Å². The number of benzene rings is 1. The summed E-state index contributed by atoms with van der Waals surface area (Å²) >= 11 is 0. The van der Waals surface area contributed by atoms with Crippen LogP contribution in [0.15, 0.2) is 30.6 Å². The first-order valence-corrected chi connectivity index (χ1v) is 5.41. The van der Waals surface area contributed by atoms with E-state index in [1.54, 1.807) is 24.5 Å². The highest BCUT2D eigenvalue weighted by molar-refractivity contribution is 5.42. The van der Waals surface area contributed by atoms with Crippen LogP contribution in [-0.4, -0.2) is 16.4 Å². The Morgan fingerprint density at radius 2 is 2.29 bits per heavy atom. The molecule has 0 spiro atoms. The Balaban J connectivity index is 2.44. The molecule has 0 fully saturated rings. The highest BCUT2D eigenvalue weighted by atomic mass is 19.1. The molecular weight excluding hydrogens is 221 g/mol. The summed E-state index contributed by atoms with van der Waals surface area (Å²) in [4.78, 5) is 0. The van der Waals surface area contributed by atoms with Crippen molar-refractivity contribution in [2.24, 2.45) is 5.73 Å². The third kappa shape index (κ3) is 2.29. The number of halogens is 1. The maximum absolute atomic E-state index is 13.8. The zero-order valence-corrected chi connectivity index (χ0v) is 9.56. The van der Waals surface area contributed by atoms with Gasteiger partial charge in [-0.2, -0.15) is 5.10 Å². The molecule has 0 bridgehead atoms. The van der Waals surface area contributed by atoms with Crippen LogP contribution in [0.2, 0.25) is 0 Å². The minimum atomic E-state index is -0.348. The Bertz CT molecular complexity index is 510. The molecule has 0 saturated heterocycles. The van der Waals surface area contributed by atoms with Crippen molar-refractivity contribution < 1.29 is 9.13 Å². The summed E-state index contributed by atoms with van der Waals surface area (Å²) in [5, 5.41) is 4.07. The van der Waals surface area contributed by atoms with Gasteiger partial charge >= 0.3 is 0 Å². The highest BCUT2D eigenvalue weighted by Gasteiger charge is 2.11. The van der Waals surface area contributed by atoms with E-state index in [4.69, 9.17) is 10.5 Å². The smallest absolute Gasteiger partial charge is 0.157 e. The lowest BCUT2D eigenvalue weighted by Gasteiger charge is -2.08. The van der Waals surface area contributed by atoms with Crippen LogP contribution in [0.5, 0.6) is 5.75 Å². The molecule has 0 atom stereocenters. The molecule has 0 aliphatic heterocycles. The molecule has 0 amide bonds. The van der Waals surface area contributed by atoms with Crippen molar-refractivity contribution in [3.05, 3.63) is 42.0 Å². The molecule has 0 unspecified atom stereocenters. The van der Waals surface area contributed by atoms with Crippen molar-refractivity contribution >= 4 is 0 Å². The van der Waals surface area contributed by atoms with Crippen molar-refractivity contribution in [2.75, 3.05) is 6.61 Å². The van der Waals surface area contributed by atoms with Gasteiger partial charge in [-0.1, -0.05) is 12.1 Å². The SMILES string of the molecule is CCOc1cnn(-c2c(F)cccc2CN)c1. The molecule has 0 aliphatic rings. The average molecular weight is 235 g/mol. The van der Waals surface area contributed by atoms with E-state index in [1.807, 2.05) is 6.92 Å². The van der Waals surface area contributed by atoms with Crippen molar-refractivity contribution in [3.63, 3.8) is 0 Å². The fourth-order valence-corrected chi connectivity index (χ4v) is 1.65. The second-order valence-electron chi connectivity index (χ2n) is 3.51. The predicted octanol–water partition coefficient (Wildman–Crippen LogP) is 1.87. The van der Waals surface area contributed by atoms with Crippen LogP contribution in [0, 0.1) is 5.82 Å². The average Bonchev–Trinajstić information content (AvgIpc) is 2.77. The van der Waals surface area contributed by atoms with Crippen molar-refractivity contribution in [1.29, 1.82) is 0 Å². The fraction of sp³-hybridized carbons (Fsp3) is 0.250. The van der Waals surface area contributed by atoms with Gasteiger partial charge in [0.2, 0.25) is 0 Å². The third-order valence-corrected chi connectivity index (χ3v) is 2.39. The lowest BCUT2D eigenvalue weighted by molar-refractivity contribution is 0.340. The molecule has 1 heterocycles. The molecule has 2 aromatic rings. The van der Waals surface area contributed by atoms with Crippen LogP contribution in [-0.2, 0) is 6.54 Å². The zero-order valence-electron chi connectivity index (χ0n) is 9.56. The quantitative estimate of drug-likeness (QED) is 0.880. The van der Waals surface area contributed by atoms with Gasteiger partial charge < -0.3 is 10.5 Å². The topological polar surface area (TPSA) is 53.1 Å². The highest BCUT2D eigenvalue weighted by Crippen LogP contribution is 2.20. The lowest BCUT2D eigenvalue weighted by Crippen LogP contribution is -2.07. The summed E-state index contributed by atoms with van der Waals surface area (Å²) in [7, 11) is 0. The second kappa shape index (κ2) is 4.97. The van der Waals surface area contributed by atoms with Gasteiger partial charge in [0.1, 0.15) is 11.5 Å². The Morgan fingerprint density at radius 1 is 1.47 bits per heavy atom. The van der Waals surface area contributed by atoms with E-state index in [1.165, 1.54) is 10.7 Å². The fourth-order valence-electron chi connectivity index (χ4n) is 1.65. The Hall–Kier alpha value is -1.88. The van der Waals surface area contributed by atoms with Gasteiger partial charge in [0, 0.05) is 6.54 Å². The minimum Gasteiger partial charge on any atom is -0.491 e. The molecule has 17 heavy (non-hydrogen) atoms. The van der Waals surface area contributed by atoms with Gasteiger partial charge in [-0.15, -0.1) is 0 Å². The molecular formula is C12H14FN3O. The van der Waals surface area contributed by atoms with Gasteiger partial charge in [-0.3, -0.25) is 0 Å². The van der Waals surface area contributed by atoms with Crippen LogP contribution < -0.4 is 10.5 Å². The Kier molecular flexibility index (Phi) is 3.39. The molecule has 0 saturated carbocycles. The molecule has 1 aromatic heterocycles. The van der Waals surface area contributed by atoms with Crippen LogP contribution in [0.25, 0.3) is 5.69 Å². The summed E-state index contributed by atoms with van der Waals surface area (Å²) in [6.07, 6.45) is 3.19. The maximum atomic E-state index is 13.8. The monoisotopic (exact) mass is 235 g/mol. The Morgan fingerprint density at radius 3 is 3.00 bits per heavy atom. The predicted molar refractivity (Wildman–Crippen MR) is 62.6 cm³/mol. The van der Waals surface area contributed by atoms with Crippen LogP contribution in [0.3, 0.4) is 0 Å². The van der Waals surface area contributed by atoms with Gasteiger partial charge in [0.15, 0.2) is 5.75 Å². The van der Waals surface area contributed by atoms with Gasteiger partial charge in [0.05, 0.1) is 19.0 Å². The normalized spacial score (nSPS) is 10.5. The van der Waals surface area contributed by atoms with Gasteiger partial charge in [-0.25, -0.2) is 9.07 Å². The van der Waals surface area contributed by atoms with Gasteiger partial charge in [0.25, 0.3) is 0 Å². The van der Waals surface area contributed by atoms with Crippen molar-refractivity contribution in [3.8, 4) is 11.4 Å². The summed E-state index contributed by atoms with van der Waals surface area (Å²) in [6, 6.07) is 4.80. The first kappa shape index (κ1) is 11.6. The van der Waals surface area contributed by atoms with Crippen LogP contribution in [0.1, 0.15) is 12.5 Å². The van der Waals surface area contributed by atoms with Crippen LogP contribution >= 0.6 is 0 Å². The molecule has 0 aliphatic carbocycles. The number of ether oxygens (including phenoxy) is 1. The second-order valence-corrected chi connectivity index (χ2v) is 3.51. The number of nitrogens with two attached hydrogens (primary N) is 1. The molecule has 0 radical (unpaired) electrons. The van der Waals surface area contributed by atoms with Crippen LogP contribution in [0.4, 0.5) is 4.39 Å². The molecule has 1 aromatic carbocycles. The maximum Gasteiger partial charge on any atom is 0.157 e. The van der Waals surface area contributed by atoms with E-state index in [0.29, 0.717) is 23.6 Å². The zero-order chi connectivity index (χ0) is 12.3. The first-order valence-electron chi connectivity index (χ1n) is 5.41.